The molecule has 7 heteroatoms. The van der Waals surface area contributed by atoms with Crippen LogP contribution in [0.15, 0.2) is 24.5 Å². The van der Waals surface area contributed by atoms with E-state index in [2.05, 4.69) is 20.1 Å². The van der Waals surface area contributed by atoms with Crippen LogP contribution in [0.5, 0.6) is 0 Å². The first-order valence-electron chi connectivity index (χ1n) is 7.91. The summed E-state index contributed by atoms with van der Waals surface area (Å²) in [5.41, 5.74) is 2.71. The fourth-order valence-electron chi connectivity index (χ4n) is 3.21. The van der Waals surface area contributed by atoms with Crippen molar-refractivity contribution in [1.82, 2.24) is 29.5 Å². The van der Waals surface area contributed by atoms with Crippen LogP contribution >= 0.6 is 0 Å². The van der Waals surface area contributed by atoms with Crippen LogP contribution in [0.3, 0.4) is 0 Å². The highest BCUT2D eigenvalue weighted by Gasteiger charge is 2.28. The Hall–Kier alpha value is -2.41. The molecule has 0 aliphatic carbocycles. The molecular weight excluding hydrogens is 292 g/mol. The molecule has 0 atom stereocenters. The molecule has 0 fully saturated rings. The van der Waals surface area contributed by atoms with Gasteiger partial charge in [-0.15, -0.1) is 0 Å². The molecule has 2 aliphatic heterocycles. The molecule has 7 nitrogen and oxygen atoms in total. The molecule has 2 aromatic rings. The van der Waals surface area contributed by atoms with Crippen LogP contribution in [0.4, 0.5) is 0 Å². The minimum absolute atomic E-state index is 0.0198. The summed E-state index contributed by atoms with van der Waals surface area (Å²) < 4.78 is 2.03. The zero-order valence-corrected chi connectivity index (χ0v) is 13.2. The van der Waals surface area contributed by atoms with E-state index in [1.165, 1.54) is 0 Å². The van der Waals surface area contributed by atoms with Gasteiger partial charge in [-0.05, 0) is 0 Å². The van der Waals surface area contributed by atoms with Crippen molar-refractivity contribution in [2.24, 2.45) is 7.05 Å². The van der Waals surface area contributed by atoms with E-state index in [9.17, 15) is 4.79 Å². The number of fused-ring (bicyclic) bond motifs is 1. The number of hydrogen-bond acceptors (Lipinski definition) is 4. The molecule has 1 amide bonds. The van der Waals surface area contributed by atoms with E-state index in [0.717, 1.165) is 43.1 Å². The molecule has 4 rings (SSSR count). The Bertz CT molecular complexity index is 750. The highest BCUT2D eigenvalue weighted by Crippen LogP contribution is 2.23. The smallest absolute Gasteiger partial charge is 0.275 e. The molecule has 1 N–H and O–H groups in total. The Morgan fingerprint density at radius 3 is 2.91 bits per heavy atom. The first kappa shape index (κ1) is 14.2. The normalized spacial score (nSPS) is 17.7. The molecule has 0 saturated carbocycles. The number of aryl methyl sites for hydroxylation is 1. The molecule has 0 bridgehead atoms. The van der Waals surface area contributed by atoms with E-state index in [-0.39, 0.29) is 5.91 Å². The second kappa shape index (κ2) is 5.66. The number of nitrogens with zero attached hydrogens (tertiary/aromatic N) is 5. The first-order chi connectivity index (χ1) is 11.2. The van der Waals surface area contributed by atoms with Gasteiger partial charge in [0, 0.05) is 63.3 Å². The number of amides is 1. The van der Waals surface area contributed by atoms with Gasteiger partial charge in [0.25, 0.3) is 5.91 Å². The van der Waals surface area contributed by atoms with Crippen molar-refractivity contribution in [3.63, 3.8) is 0 Å². The zero-order chi connectivity index (χ0) is 15.8. The minimum Gasteiger partial charge on any atom is -0.337 e. The van der Waals surface area contributed by atoms with Crippen molar-refractivity contribution in [3.8, 4) is 0 Å². The van der Waals surface area contributed by atoms with Gasteiger partial charge in [-0.3, -0.25) is 14.8 Å². The average molecular weight is 312 g/mol. The molecule has 2 aromatic heterocycles. The van der Waals surface area contributed by atoms with Crippen molar-refractivity contribution in [2.75, 3.05) is 19.6 Å². The maximum Gasteiger partial charge on any atom is 0.275 e. The number of imidazole rings is 1. The van der Waals surface area contributed by atoms with Gasteiger partial charge in [-0.2, -0.15) is 5.10 Å². The van der Waals surface area contributed by atoms with Crippen LogP contribution in [0, 0.1) is 0 Å². The highest BCUT2D eigenvalue weighted by atomic mass is 16.2. The number of aromatic nitrogens is 4. The van der Waals surface area contributed by atoms with Crippen LogP contribution in [0.1, 0.15) is 27.6 Å². The maximum atomic E-state index is 12.6. The van der Waals surface area contributed by atoms with Crippen molar-refractivity contribution < 1.29 is 4.79 Å². The number of H-pyrrole nitrogens is 1. The number of carbonyl (C=O) groups excluding carboxylic acids is 1. The summed E-state index contributed by atoms with van der Waals surface area (Å²) in [5.74, 6) is 1.06. The van der Waals surface area contributed by atoms with Gasteiger partial charge >= 0.3 is 0 Å². The summed E-state index contributed by atoms with van der Waals surface area (Å²) in [7, 11) is 2.00. The lowest BCUT2D eigenvalue weighted by molar-refractivity contribution is 0.0791. The molecule has 0 unspecified atom stereocenters. The molecule has 4 heterocycles. The number of carbonyl (C=O) groups is 1. The standard InChI is InChI=1S/C16H20N6O/c1-20-9-5-17-14(20)11-21-8-4-13-12(10-21)15(19-18-13)16(23)22-6-2-3-7-22/h2-3,5,9H,4,6-8,10-11H2,1H3,(H,18,19). The lowest BCUT2D eigenvalue weighted by Gasteiger charge is -2.26. The summed E-state index contributed by atoms with van der Waals surface area (Å²) >= 11 is 0. The zero-order valence-electron chi connectivity index (χ0n) is 13.2. The Morgan fingerprint density at radius 2 is 2.17 bits per heavy atom. The SMILES string of the molecule is Cn1ccnc1CN1CCc2[nH]nc(C(=O)N3CC=CC3)c2C1. The number of aromatic amines is 1. The van der Waals surface area contributed by atoms with Crippen molar-refractivity contribution in [3.05, 3.63) is 47.3 Å². The van der Waals surface area contributed by atoms with Crippen molar-refractivity contribution >= 4 is 5.91 Å². The van der Waals surface area contributed by atoms with Crippen LogP contribution in [0.25, 0.3) is 0 Å². The fourth-order valence-corrected chi connectivity index (χ4v) is 3.21. The van der Waals surface area contributed by atoms with E-state index < -0.39 is 0 Å². The number of hydrogen-bond donors (Lipinski definition) is 1. The minimum atomic E-state index is 0.0198. The topological polar surface area (TPSA) is 70.0 Å². The van der Waals surface area contributed by atoms with Gasteiger partial charge in [-0.25, -0.2) is 4.98 Å². The van der Waals surface area contributed by atoms with E-state index in [1.54, 1.807) is 0 Å². The fraction of sp³-hybridized carbons (Fsp3) is 0.438. The highest BCUT2D eigenvalue weighted by molar-refractivity contribution is 5.94. The van der Waals surface area contributed by atoms with Gasteiger partial charge in [0.1, 0.15) is 5.82 Å². The lowest BCUT2D eigenvalue weighted by atomic mass is 10.0. The molecule has 2 aliphatic rings. The van der Waals surface area contributed by atoms with E-state index in [0.29, 0.717) is 18.8 Å². The number of rotatable bonds is 3. The van der Waals surface area contributed by atoms with E-state index in [1.807, 2.05) is 41.1 Å². The van der Waals surface area contributed by atoms with Crippen LogP contribution < -0.4 is 0 Å². The van der Waals surface area contributed by atoms with Gasteiger partial charge in [-0.1, -0.05) is 12.2 Å². The summed E-state index contributed by atoms with van der Waals surface area (Å²) in [5, 5.41) is 7.36. The number of nitrogens with one attached hydrogen (secondary N) is 1. The molecule has 0 spiro atoms. The van der Waals surface area contributed by atoms with Crippen LogP contribution in [-0.2, 0) is 26.6 Å². The Labute approximate surface area is 134 Å². The summed E-state index contributed by atoms with van der Waals surface area (Å²) in [6.07, 6.45) is 8.70. The Balaban J connectivity index is 1.53. The largest absolute Gasteiger partial charge is 0.337 e. The van der Waals surface area contributed by atoms with Gasteiger partial charge in [0.05, 0.1) is 6.54 Å². The third-order valence-corrected chi connectivity index (χ3v) is 4.61. The summed E-state index contributed by atoms with van der Waals surface area (Å²) in [4.78, 5) is 21.1. The molecule has 23 heavy (non-hydrogen) atoms. The molecule has 0 saturated heterocycles. The summed E-state index contributed by atoms with van der Waals surface area (Å²) in [6, 6.07) is 0. The van der Waals surface area contributed by atoms with Gasteiger partial charge in [0.15, 0.2) is 5.69 Å². The predicted molar refractivity (Wildman–Crippen MR) is 84.7 cm³/mol. The van der Waals surface area contributed by atoms with Crippen molar-refractivity contribution in [2.45, 2.75) is 19.5 Å². The first-order valence-corrected chi connectivity index (χ1v) is 7.91. The van der Waals surface area contributed by atoms with E-state index >= 15 is 0 Å². The average Bonchev–Trinajstić information content (AvgIpc) is 3.28. The second-order valence-electron chi connectivity index (χ2n) is 6.13. The monoisotopic (exact) mass is 312 g/mol. The molecule has 0 radical (unpaired) electrons. The summed E-state index contributed by atoms with van der Waals surface area (Å²) in [6.45, 7) is 3.82. The third-order valence-electron chi connectivity index (χ3n) is 4.61. The molecule has 120 valence electrons. The van der Waals surface area contributed by atoms with Gasteiger partial charge < -0.3 is 9.47 Å². The van der Waals surface area contributed by atoms with Crippen LogP contribution in [0.2, 0.25) is 0 Å². The quantitative estimate of drug-likeness (QED) is 0.848. The van der Waals surface area contributed by atoms with Crippen LogP contribution in [-0.4, -0.2) is 55.1 Å². The second-order valence-corrected chi connectivity index (χ2v) is 6.13. The molecular formula is C16H20N6O. The third kappa shape index (κ3) is 2.57. The molecule has 0 aromatic carbocycles. The Morgan fingerprint density at radius 1 is 1.35 bits per heavy atom. The van der Waals surface area contributed by atoms with Crippen molar-refractivity contribution in [1.29, 1.82) is 0 Å². The predicted octanol–water partition coefficient (Wildman–Crippen LogP) is 0.714. The Kier molecular flexibility index (Phi) is 3.49. The maximum absolute atomic E-state index is 12.6. The lowest BCUT2D eigenvalue weighted by Crippen LogP contribution is -2.33. The van der Waals surface area contributed by atoms with Gasteiger partial charge in [0.2, 0.25) is 0 Å². The van der Waals surface area contributed by atoms with E-state index in [4.69, 9.17) is 0 Å².